The molecule has 0 aromatic rings. The number of unbranched alkanes of at least 4 members (excludes halogenated alkanes) is 1. The van der Waals surface area contributed by atoms with E-state index < -0.39 is 5.97 Å². The Labute approximate surface area is 66.2 Å². The molecule has 66 valence electrons. The maximum absolute atomic E-state index is 10.0. The van der Waals surface area contributed by atoms with Gasteiger partial charge in [-0.2, -0.15) is 0 Å². The van der Waals surface area contributed by atoms with Crippen LogP contribution in [-0.2, 0) is 4.79 Å². The number of carboxylic acids is 1. The minimum Gasteiger partial charge on any atom is -0.481 e. The van der Waals surface area contributed by atoms with Crippen molar-refractivity contribution in [2.24, 2.45) is 0 Å². The summed E-state index contributed by atoms with van der Waals surface area (Å²) in [5.41, 5.74) is 0. The lowest BCUT2D eigenvalue weighted by Gasteiger charge is -2.00. The number of hydrogen-bond donors (Lipinski definition) is 3. The first-order chi connectivity index (χ1) is 5.27. The molecule has 0 heterocycles. The Morgan fingerprint density at radius 1 is 1.27 bits per heavy atom. The molecule has 0 radical (unpaired) electrons. The third-order valence-corrected chi connectivity index (χ3v) is 1.28. The van der Waals surface area contributed by atoms with Crippen LogP contribution in [0.1, 0.15) is 19.3 Å². The second-order valence-electron chi connectivity index (χ2n) is 2.32. The van der Waals surface area contributed by atoms with Crippen LogP contribution in [0.3, 0.4) is 0 Å². The molecule has 0 aliphatic carbocycles. The molecule has 0 aromatic heterocycles. The number of carbonyl (C=O) groups is 1. The van der Waals surface area contributed by atoms with E-state index in [1.807, 2.05) is 0 Å². The van der Waals surface area contributed by atoms with Crippen LogP contribution in [0.5, 0.6) is 0 Å². The summed E-state index contributed by atoms with van der Waals surface area (Å²) in [7, 11) is 0. The van der Waals surface area contributed by atoms with E-state index in [4.69, 9.17) is 10.2 Å². The monoisotopic (exact) mass is 161 g/mol. The van der Waals surface area contributed by atoms with E-state index in [9.17, 15) is 4.79 Å². The SMILES string of the molecule is O=C(O)CCNCCCCO. The molecule has 0 aliphatic rings. The zero-order valence-electron chi connectivity index (χ0n) is 6.55. The quantitative estimate of drug-likeness (QED) is 0.453. The van der Waals surface area contributed by atoms with Crippen molar-refractivity contribution < 1.29 is 15.0 Å². The molecular weight excluding hydrogens is 146 g/mol. The Balaban J connectivity index is 2.85. The van der Waals surface area contributed by atoms with Crippen molar-refractivity contribution in [1.29, 1.82) is 0 Å². The molecular formula is C7H15NO3. The van der Waals surface area contributed by atoms with Crippen molar-refractivity contribution in [1.82, 2.24) is 5.32 Å². The largest absolute Gasteiger partial charge is 0.481 e. The van der Waals surface area contributed by atoms with Crippen molar-refractivity contribution in [2.45, 2.75) is 19.3 Å². The number of aliphatic hydroxyl groups excluding tert-OH is 1. The molecule has 0 spiro atoms. The lowest BCUT2D eigenvalue weighted by molar-refractivity contribution is -0.136. The summed E-state index contributed by atoms with van der Waals surface area (Å²) in [6.45, 7) is 1.51. The first-order valence-corrected chi connectivity index (χ1v) is 3.80. The zero-order valence-corrected chi connectivity index (χ0v) is 6.55. The zero-order chi connectivity index (χ0) is 8.53. The molecule has 0 rings (SSSR count). The van der Waals surface area contributed by atoms with Gasteiger partial charge in [0.05, 0.1) is 6.42 Å². The minimum absolute atomic E-state index is 0.166. The summed E-state index contributed by atoms with van der Waals surface area (Å²) in [5, 5.41) is 19.6. The second-order valence-corrected chi connectivity index (χ2v) is 2.32. The highest BCUT2D eigenvalue weighted by atomic mass is 16.4. The van der Waals surface area contributed by atoms with Gasteiger partial charge in [0.25, 0.3) is 0 Å². The molecule has 0 fully saturated rings. The number of nitrogens with one attached hydrogen (secondary N) is 1. The number of rotatable bonds is 7. The van der Waals surface area contributed by atoms with Crippen molar-refractivity contribution in [3.05, 3.63) is 0 Å². The summed E-state index contributed by atoms with van der Waals surface area (Å²) in [5.74, 6) is -0.778. The third-order valence-electron chi connectivity index (χ3n) is 1.28. The number of carboxylic acid groups (broad SMARTS) is 1. The van der Waals surface area contributed by atoms with Crippen molar-refractivity contribution >= 4 is 5.97 Å². The third kappa shape index (κ3) is 9.39. The van der Waals surface area contributed by atoms with Gasteiger partial charge in [-0.1, -0.05) is 0 Å². The molecule has 4 heteroatoms. The van der Waals surface area contributed by atoms with Crippen LogP contribution in [0.4, 0.5) is 0 Å². The molecule has 0 bridgehead atoms. The fourth-order valence-electron chi connectivity index (χ4n) is 0.682. The highest BCUT2D eigenvalue weighted by Crippen LogP contribution is 1.83. The number of hydrogen-bond acceptors (Lipinski definition) is 3. The van der Waals surface area contributed by atoms with Crippen LogP contribution in [0.25, 0.3) is 0 Å². The average Bonchev–Trinajstić information content (AvgIpc) is 1.96. The average molecular weight is 161 g/mol. The van der Waals surface area contributed by atoms with Gasteiger partial charge in [0.1, 0.15) is 0 Å². The van der Waals surface area contributed by atoms with Gasteiger partial charge in [-0.05, 0) is 19.4 Å². The van der Waals surface area contributed by atoms with Gasteiger partial charge in [0.2, 0.25) is 0 Å². The Morgan fingerprint density at radius 3 is 2.55 bits per heavy atom. The predicted octanol–water partition coefficient (Wildman–Crippen LogP) is -0.177. The van der Waals surface area contributed by atoms with Crippen LogP contribution in [0.15, 0.2) is 0 Å². The normalized spacial score (nSPS) is 9.91. The topological polar surface area (TPSA) is 69.6 Å². The van der Waals surface area contributed by atoms with E-state index in [1.54, 1.807) is 0 Å². The van der Waals surface area contributed by atoms with E-state index in [2.05, 4.69) is 5.32 Å². The van der Waals surface area contributed by atoms with Crippen LogP contribution in [0, 0.1) is 0 Å². The van der Waals surface area contributed by atoms with Crippen molar-refractivity contribution in [3.8, 4) is 0 Å². The maximum Gasteiger partial charge on any atom is 0.304 e. The van der Waals surface area contributed by atoms with E-state index in [0.29, 0.717) is 6.54 Å². The minimum atomic E-state index is -0.778. The lowest BCUT2D eigenvalue weighted by atomic mass is 10.3. The molecule has 0 saturated heterocycles. The van der Waals surface area contributed by atoms with Crippen LogP contribution < -0.4 is 5.32 Å². The van der Waals surface area contributed by atoms with Crippen molar-refractivity contribution in [3.63, 3.8) is 0 Å². The molecule has 4 nitrogen and oxygen atoms in total. The predicted molar refractivity (Wildman–Crippen MR) is 41.4 cm³/mol. The number of aliphatic carboxylic acids is 1. The fourth-order valence-corrected chi connectivity index (χ4v) is 0.682. The Morgan fingerprint density at radius 2 is 2.00 bits per heavy atom. The lowest BCUT2D eigenvalue weighted by Crippen LogP contribution is -2.19. The van der Waals surface area contributed by atoms with Gasteiger partial charge in [0.15, 0.2) is 0 Å². The highest BCUT2D eigenvalue weighted by Gasteiger charge is 1.94. The van der Waals surface area contributed by atoms with E-state index in [-0.39, 0.29) is 13.0 Å². The fraction of sp³-hybridized carbons (Fsp3) is 0.857. The molecule has 0 unspecified atom stereocenters. The molecule has 0 aliphatic heterocycles. The van der Waals surface area contributed by atoms with Gasteiger partial charge in [0, 0.05) is 13.2 Å². The Kier molecular flexibility index (Phi) is 7.08. The molecule has 0 atom stereocenters. The summed E-state index contributed by atoms with van der Waals surface area (Å²) >= 11 is 0. The summed E-state index contributed by atoms with van der Waals surface area (Å²) in [6, 6.07) is 0. The van der Waals surface area contributed by atoms with E-state index in [1.165, 1.54) is 0 Å². The van der Waals surface area contributed by atoms with Crippen LogP contribution in [0.2, 0.25) is 0 Å². The summed E-state index contributed by atoms with van der Waals surface area (Å²) < 4.78 is 0. The summed E-state index contributed by atoms with van der Waals surface area (Å²) in [4.78, 5) is 10.0. The maximum atomic E-state index is 10.0. The number of aliphatic hydroxyl groups is 1. The van der Waals surface area contributed by atoms with Gasteiger partial charge < -0.3 is 15.5 Å². The second kappa shape index (κ2) is 7.50. The molecule has 0 amide bonds. The molecule has 0 aromatic carbocycles. The molecule has 3 N–H and O–H groups in total. The van der Waals surface area contributed by atoms with Gasteiger partial charge in [-0.3, -0.25) is 4.79 Å². The van der Waals surface area contributed by atoms with E-state index in [0.717, 1.165) is 19.4 Å². The summed E-state index contributed by atoms with van der Waals surface area (Å²) in [6.07, 6.45) is 1.84. The van der Waals surface area contributed by atoms with Gasteiger partial charge in [-0.15, -0.1) is 0 Å². The molecule has 11 heavy (non-hydrogen) atoms. The molecule has 0 saturated carbocycles. The van der Waals surface area contributed by atoms with Crippen LogP contribution >= 0.6 is 0 Å². The van der Waals surface area contributed by atoms with Crippen LogP contribution in [-0.4, -0.2) is 35.9 Å². The standard InChI is InChI=1S/C7H15NO3/c9-6-2-1-4-8-5-3-7(10)11/h8-9H,1-6H2,(H,10,11). The Hall–Kier alpha value is -0.610. The smallest absolute Gasteiger partial charge is 0.304 e. The van der Waals surface area contributed by atoms with Gasteiger partial charge >= 0.3 is 5.97 Å². The van der Waals surface area contributed by atoms with Crippen molar-refractivity contribution in [2.75, 3.05) is 19.7 Å². The Bertz CT molecular complexity index is 106. The highest BCUT2D eigenvalue weighted by molar-refractivity contribution is 5.66. The van der Waals surface area contributed by atoms with E-state index >= 15 is 0 Å². The van der Waals surface area contributed by atoms with Gasteiger partial charge in [-0.25, -0.2) is 0 Å². The first-order valence-electron chi connectivity index (χ1n) is 3.80. The first kappa shape index (κ1) is 10.4.